The molecule has 3 heterocycles. The highest BCUT2D eigenvalue weighted by molar-refractivity contribution is 6.30. The van der Waals surface area contributed by atoms with Gasteiger partial charge in [-0.1, -0.05) is 23.7 Å². The number of ether oxygens (including phenoxy) is 1. The topological polar surface area (TPSA) is 65.1 Å². The minimum Gasteiger partial charge on any atom is -0.380 e. The number of carbonyl (C=O) groups excluding carboxylic acids is 2. The minimum atomic E-state index is -0.0815. The summed E-state index contributed by atoms with van der Waals surface area (Å²) in [5, 5.41) is 3.75. The van der Waals surface area contributed by atoms with E-state index in [2.05, 4.69) is 22.2 Å². The summed E-state index contributed by atoms with van der Waals surface area (Å²) in [6, 6.07) is 13.5. The van der Waals surface area contributed by atoms with Crippen LogP contribution >= 0.6 is 11.6 Å². The number of anilines is 2. The molecule has 1 spiro atoms. The Kier molecular flexibility index (Phi) is 6.18. The van der Waals surface area contributed by atoms with Gasteiger partial charge in [0.25, 0.3) is 5.91 Å². The van der Waals surface area contributed by atoms with Crippen molar-refractivity contribution in [3.05, 3.63) is 58.6 Å². The highest BCUT2D eigenvalue weighted by atomic mass is 35.5. The molecule has 0 radical (unpaired) electrons. The maximum Gasteiger partial charge on any atom is 0.256 e. The van der Waals surface area contributed by atoms with Gasteiger partial charge in [0.15, 0.2) is 0 Å². The third-order valence-corrected chi connectivity index (χ3v) is 8.35. The highest BCUT2D eigenvalue weighted by Gasteiger charge is 2.45. The zero-order valence-corrected chi connectivity index (χ0v) is 21.5. The average Bonchev–Trinajstić information content (AvgIpc) is 3.60. The number of rotatable bonds is 5. The van der Waals surface area contributed by atoms with E-state index in [1.54, 1.807) is 0 Å². The number of nitrogens with one attached hydrogen (secondary N) is 1. The number of amides is 2. The first-order valence-corrected chi connectivity index (χ1v) is 13.3. The number of nitrogens with zero attached hydrogens (tertiary/aromatic N) is 3. The number of carbonyl (C=O) groups is 2. The first kappa shape index (κ1) is 23.8. The fourth-order valence-corrected chi connectivity index (χ4v) is 5.92. The van der Waals surface area contributed by atoms with Crippen molar-refractivity contribution in [2.45, 2.75) is 25.3 Å². The molecule has 1 N–H and O–H groups in total. The molecule has 36 heavy (non-hydrogen) atoms. The molecular weight excluding hydrogens is 476 g/mol. The number of halogens is 1. The number of hydrogen-bond acceptors (Lipinski definition) is 5. The molecule has 4 aliphatic rings. The van der Waals surface area contributed by atoms with Gasteiger partial charge in [0.2, 0.25) is 5.91 Å². The van der Waals surface area contributed by atoms with Crippen molar-refractivity contribution in [1.29, 1.82) is 0 Å². The third kappa shape index (κ3) is 4.60. The van der Waals surface area contributed by atoms with E-state index in [1.807, 2.05) is 47.4 Å². The lowest BCUT2D eigenvalue weighted by Crippen LogP contribution is -2.49. The van der Waals surface area contributed by atoms with Crippen LogP contribution in [0.25, 0.3) is 0 Å². The van der Waals surface area contributed by atoms with Crippen molar-refractivity contribution in [3.63, 3.8) is 0 Å². The number of hydrogen-bond donors (Lipinski definition) is 1. The summed E-state index contributed by atoms with van der Waals surface area (Å²) < 4.78 is 5.54. The predicted molar refractivity (Wildman–Crippen MR) is 141 cm³/mol. The van der Waals surface area contributed by atoms with E-state index < -0.39 is 0 Å². The second-order valence-electron chi connectivity index (χ2n) is 11.0. The summed E-state index contributed by atoms with van der Waals surface area (Å²) in [5.41, 5.74) is 3.58. The van der Waals surface area contributed by atoms with Crippen LogP contribution in [-0.2, 0) is 9.53 Å². The van der Waals surface area contributed by atoms with E-state index in [0.29, 0.717) is 17.1 Å². The molecule has 1 atom stereocenters. The first-order chi connectivity index (χ1) is 17.4. The van der Waals surface area contributed by atoms with Crippen LogP contribution in [0.15, 0.2) is 42.5 Å². The highest BCUT2D eigenvalue weighted by Crippen LogP contribution is 2.42. The van der Waals surface area contributed by atoms with E-state index in [1.165, 1.54) is 0 Å². The Morgan fingerprint density at radius 3 is 2.61 bits per heavy atom. The molecule has 2 aromatic carbocycles. The largest absolute Gasteiger partial charge is 0.380 e. The van der Waals surface area contributed by atoms with E-state index in [-0.39, 0.29) is 29.2 Å². The Morgan fingerprint density at radius 1 is 1.08 bits per heavy atom. The van der Waals surface area contributed by atoms with Gasteiger partial charge in [0.1, 0.15) is 0 Å². The molecule has 0 bridgehead atoms. The Balaban J connectivity index is 1.33. The lowest BCUT2D eigenvalue weighted by molar-refractivity contribution is -0.117. The van der Waals surface area contributed by atoms with Gasteiger partial charge in [0, 0.05) is 54.8 Å². The molecule has 3 saturated heterocycles. The smallest absolute Gasteiger partial charge is 0.256 e. The van der Waals surface area contributed by atoms with E-state index in [9.17, 15) is 9.59 Å². The summed E-state index contributed by atoms with van der Waals surface area (Å²) in [6.07, 6.45) is 2.97. The number of likely N-dealkylation sites (N-methyl/N-ethyl adjacent to an activating group) is 1. The fraction of sp³-hybridized carbons (Fsp3) is 0.500. The van der Waals surface area contributed by atoms with Gasteiger partial charge in [0.05, 0.1) is 30.5 Å². The molecule has 2 amide bonds. The van der Waals surface area contributed by atoms with Crippen LogP contribution in [0.3, 0.4) is 0 Å². The van der Waals surface area contributed by atoms with Crippen molar-refractivity contribution in [3.8, 4) is 0 Å². The lowest BCUT2D eigenvalue weighted by atomic mass is 9.85. The maximum absolute atomic E-state index is 14.2. The van der Waals surface area contributed by atoms with Gasteiger partial charge in [-0.05, 0) is 62.2 Å². The minimum absolute atomic E-state index is 0.0222. The van der Waals surface area contributed by atoms with Crippen LogP contribution < -0.4 is 10.2 Å². The van der Waals surface area contributed by atoms with Gasteiger partial charge in [-0.25, -0.2) is 0 Å². The average molecular weight is 509 g/mol. The quantitative estimate of drug-likeness (QED) is 0.660. The Hall–Kier alpha value is -2.61. The maximum atomic E-state index is 14.2. The molecular formula is C28H33ClN4O3. The van der Waals surface area contributed by atoms with Crippen LogP contribution in [0.1, 0.15) is 41.2 Å². The second kappa shape index (κ2) is 9.36. The van der Waals surface area contributed by atoms with Gasteiger partial charge >= 0.3 is 0 Å². The predicted octanol–water partition coefficient (Wildman–Crippen LogP) is 4.04. The van der Waals surface area contributed by atoms with Crippen LogP contribution in [-0.4, -0.2) is 74.6 Å². The normalized spacial score (nSPS) is 23.6. The standard InChI is InChI=1S/C28H33ClN4O3/c1-31-11-12-33(25(15-31)20-3-2-4-21(29)13-20)27(35)23-8-7-22(30-26(34)19-5-6-19)14-24(23)32-10-9-28(16-32)17-36-18-28/h2-4,7-8,13-14,19,25H,5-6,9-12,15-18H2,1H3,(H,30,34). The molecule has 7 nitrogen and oxygen atoms in total. The van der Waals surface area contributed by atoms with Gasteiger partial charge < -0.3 is 24.8 Å². The molecule has 0 aromatic heterocycles. The zero-order valence-electron chi connectivity index (χ0n) is 20.7. The summed E-state index contributed by atoms with van der Waals surface area (Å²) in [5.74, 6) is 0.222. The van der Waals surface area contributed by atoms with E-state index in [0.717, 1.165) is 75.6 Å². The monoisotopic (exact) mass is 508 g/mol. The van der Waals surface area contributed by atoms with Crippen molar-refractivity contribution in [1.82, 2.24) is 9.80 Å². The SMILES string of the molecule is CN1CCN(C(=O)c2ccc(NC(=O)C3CC3)cc2N2CCC3(COC3)C2)C(c2cccc(Cl)c2)C1. The Morgan fingerprint density at radius 2 is 1.92 bits per heavy atom. The number of benzene rings is 2. The van der Waals surface area contributed by atoms with Crippen LogP contribution in [0.2, 0.25) is 5.02 Å². The van der Waals surface area contributed by atoms with Crippen LogP contribution in [0, 0.1) is 11.3 Å². The second-order valence-corrected chi connectivity index (χ2v) is 11.4. The Labute approximate surface area is 217 Å². The first-order valence-electron chi connectivity index (χ1n) is 12.9. The molecule has 1 aliphatic carbocycles. The van der Waals surface area contributed by atoms with E-state index >= 15 is 0 Å². The van der Waals surface area contributed by atoms with Gasteiger partial charge in [-0.2, -0.15) is 0 Å². The summed E-state index contributed by atoms with van der Waals surface area (Å²) in [6.45, 7) is 5.51. The summed E-state index contributed by atoms with van der Waals surface area (Å²) in [7, 11) is 2.09. The molecule has 3 aliphatic heterocycles. The van der Waals surface area contributed by atoms with Crippen molar-refractivity contribution < 1.29 is 14.3 Å². The fourth-order valence-electron chi connectivity index (χ4n) is 5.73. The lowest BCUT2D eigenvalue weighted by Gasteiger charge is -2.41. The van der Waals surface area contributed by atoms with Crippen LogP contribution in [0.4, 0.5) is 11.4 Å². The molecule has 6 rings (SSSR count). The van der Waals surface area contributed by atoms with Gasteiger partial charge in [-0.3, -0.25) is 9.59 Å². The van der Waals surface area contributed by atoms with Crippen molar-refractivity contribution in [2.24, 2.45) is 11.3 Å². The molecule has 4 fully saturated rings. The molecule has 190 valence electrons. The van der Waals surface area contributed by atoms with Crippen LogP contribution in [0.5, 0.6) is 0 Å². The summed E-state index contributed by atoms with van der Waals surface area (Å²) in [4.78, 5) is 33.2. The van der Waals surface area contributed by atoms with Crippen molar-refractivity contribution in [2.75, 3.05) is 63.2 Å². The molecule has 8 heteroatoms. The molecule has 2 aromatic rings. The molecule has 1 unspecified atom stereocenters. The van der Waals surface area contributed by atoms with Crippen molar-refractivity contribution >= 4 is 34.8 Å². The van der Waals surface area contributed by atoms with E-state index in [4.69, 9.17) is 16.3 Å². The van der Waals surface area contributed by atoms with Gasteiger partial charge in [-0.15, -0.1) is 0 Å². The zero-order chi connectivity index (χ0) is 24.9. The Bertz CT molecular complexity index is 1180. The summed E-state index contributed by atoms with van der Waals surface area (Å²) >= 11 is 6.32. The molecule has 1 saturated carbocycles. The third-order valence-electron chi connectivity index (χ3n) is 8.12. The number of piperazine rings is 1.